The minimum atomic E-state index is 0.198. The smallest absolute Gasteiger partial charge is 0.223 e. The Morgan fingerprint density at radius 2 is 1.90 bits per heavy atom. The van der Waals surface area contributed by atoms with Crippen LogP contribution in [0.5, 0.6) is 0 Å². The van der Waals surface area contributed by atoms with Gasteiger partial charge in [0.25, 0.3) is 0 Å². The molecule has 1 amide bonds. The Kier molecular flexibility index (Phi) is 4.06. The molecule has 108 valence electrons. The molecular formula is C17H24N2O. The van der Waals surface area contributed by atoms with Crippen molar-refractivity contribution < 1.29 is 4.79 Å². The van der Waals surface area contributed by atoms with Crippen LogP contribution in [0.15, 0.2) is 30.3 Å². The summed E-state index contributed by atoms with van der Waals surface area (Å²) in [5.41, 5.74) is 1.58. The van der Waals surface area contributed by atoms with E-state index >= 15 is 0 Å². The van der Waals surface area contributed by atoms with E-state index in [0.29, 0.717) is 0 Å². The zero-order valence-electron chi connectivity index (χ0n) is 12.0. The minimum Gasteiger partial charge on any atom is -0.355 e. The Morgan fingerprint density at radius 1 is 1.20 bits per heavy atom. The summed E-state index contributed by atoms with van der Waals surface area (Å²) in [6.07, 6.45) is 5.62. The first-order chi connectivity index (χ1) is 9.80. The predicted octanol–water partition coefficient (Wildman–Crippen LogP) is 2.22. The maximum absolute atomic E-state index is 12.3. The Morgan fingerprint density at radius 3 is 2.50 bits per heavy atom. The van der Waals surface area contributed by atoms with Crippen LogP contribution in [-0.4, -0.2) is 25.5 Å². The SMILES string of the molecule is O=C(NCC1(c2ccccc2)CCC1)C1CCNCC1. The number of hydrogen-bond donors (Lipinski definition) is 2. The van der Waals surface area contributed by atoms with Crippen molar-refractivity contribution >= 4 is 5.91 Å². The van der Waals surface area contributed by atoms with Gasteiger partial charge in [-0.3, -0.25) is 4.79 Å². The van der Waals surface area contributed by atoms with Crippen molar-refractivity contribution in [3.8, 4) is 0 Å². The first-order valence-electron chi connectivity index (χ1n) is 7.84. The van der Waals surface area contributed by atoms with E-state index in [1.807, 2.05) is 0 Å². The predicted molar refractivity (Wildman–Crippen MR) is 80.6 cm³/mol. The van der Waals surface area contributed by atoms with Crippen LogP contribution in [-0.2, 0) is 10.2 Å². The van der Waals surface area contributed by atoms with Gasteiger partial charge in [-0.15, -0.1) is 0 Å². The molecule has 2 fully saturated rings. The van der Waals surface area contributed by atoms with E-state index < -0.39 is 0 Å². The van der Waals surface area contributed by atoms with Crippen LogP contribution in [0.3, 0.4) is 0 Å². The molecule has 1 saturated carbocycles. The molecule has 0 spiro atoms. The van der Waals surface area contributed by atoms with Crippen LogP contribution in [0.1, 0.15) is 37.7 Å². The highest BCUT2D eigenvalue weighted by molar-refractivity contribution is 5.78. The molecule has 1 heterocycles. The zero-order valence-corrected chi connectivity index (χ0v) is 12.0. The van der Waals surface area contributed by atoms with Crippen molar-refractivity contribution in [2.45, 2.75) is 37.5 Å². The number of benzene rings is 1. The van der Waals surface area contributed by atoms with Crippen LogP contribution < -0.4 is 10.6 Å². The first kappa shape index (κ1) is 13.6. The molecule has 3 nitrogen and oxygen atoms in total. The van der Waals surface area contributed by atoms with Gasteiger partial charge in [-0.1, -0.05) is 36.8 Å². The van der Waals surface area contributed by atoms with E-state index in [1.54, 1.807) is 0 Å². The Bertz CT molecular complexity index is 447. The third-order valence-electron chi connectivity index (χ3n) is 5.01. The van der Waals surface area contributed by atoms with Gasteiger partial charge < -0.3 is 10.6 Å². The first-order valence-corrected chi connectivity index (χ1v) is 7.84. The van der Waals surface area contributed by atoms with Gasteiger partial charge in [0.1, 0.15) is 0 Å². The summed E-state index contributed by atoms with van der Waals surface area (Å²) in [7, 11) is 0. The molecule has 1 aromatic rings. The second-order valence-electron chi connectivity index (χ2n) is 6.24. The summed E-state index contributed by atoms with van der Waals surface area (Å²) in [6.45, 7) is 2.75. The Hall–Kier alpha value is -1.35. The highest BCUT2D eigenvalue weighted by Gasteiger charge is 2.39. The third-order valence-corrected chi connectivity index (χ3v) is 5.01. The second kappa shape index (κ2) is 5.96. The minimum absolute atomic E-state index is 0.198. The van der Waals surface area contributed by atoms with Crippen molar-refractivity contribution in [2.75, 3.05) is 19.6 Å². The molecule has 1 saturated heterocycles. The molecule has 0 radical (unpaired) electrons. The fourth-order valence-electron chi connectivity index (χ4n) is 3.45. The quantitative estimate of drug-likeness (QED) is 0.882. The van der Waals surface area contributed by atoms with E-state index in [9.17, 15) is 4.79 Å². The molecule has 0 aromatic heterocycles. The number of carbonyl (C=O) groups is 1. The molecule has 2 N–H and O–H groups in total. The molecule has 3 heteroatoms. The van der Waals surface area contributed by atoms with Crippen LogP contribution in [0.25, 0.3) is 0 Å². The van der Waals surface area contributed by atoms with Gasteiger partial charge in [0, 0.05) is 17.9 Å². The summed E-state index contributed by atoms with van der Waals surface area (Å²) in [6, 6.07) is 10.7. The Labute approximate surface area is 121 Å². The molecule has 3 rings (SSSR count). The number of rotatable bonds is 4. The van der Waals surface area contributed by atoms with Gasteiger partial charge in [0.2, 0.25) is 5.91 Å². The van der Waals surface area contributed by atoms with E-state index in [0.717, 1.165) is 32.5 Å². The average Bonchev–Trinajstić information content (AvgIpc) is 2.48. The molecule has 1 aromatic carbocycles. The fraction of sp³-hybridized carbons (Fsp3) is 0.588. The lowest BCUT2D eigenvalue weighted by atomic mass is 9.64. The van der Waals surface area contributed by atoms with Gasteiger partial charge in [0.05, 0.1) is 0 Å². The summed E-state index contributed by atoms with van der Waals surface area (Å²) in [5, 5.41) is 6.54. The largest absolute Gasteiger partial charge is 0.355 e. The molecule has 1 aliphatic carbocycles. The monoisotopic (exact) mass is 272 g/mol. The third kappa shape index (κ3) is 2.73. The summed E-state index contributed by atoms with van der Waals surface area (Å²) >= 11 is 0. The average molecular weight is 272 g/mol. The maximum atomic E-state index is 12.3. The fourth-order valence-corrected chi connectivity index (χ4v) is 3.45. The van der Waals surface area contributed by atoms with Crippen molar-refractivity contribution in [3.63, 3.8) is 0 Å². The molecule has 0 unspecified atom stereocenters. The summed E-state index contributed by atoms with van der Waals surface area (Å²) in [5.74, 6) is 0.470. The summed E-state index contributed by atoms with van der Waals surface area (Å²) in [4.78, 5) is 12.3. The molecule has 0 atom stereocenters. The van der Waals surface area contributed by atoms with E-state index in [2.05, 4.69) is 41.0 Å². The van der Waals surface area contributed by atoms with Crippen molar-refractivity contribution in [2.24, 2.45) is 5.92 Å². The van der Waals surface area contributed by atoms with Crippen molar-refractivity contribution in [1.29, 1.82) is 0 Å². The number of carbonyl (C=O) groups excluding carboxylic acids is 1. The second-order valence-corrected chi connectivity index (χ2v) is 6.24. The van der Waals surface area contributed by atoms with Gasteiger partial charge in [-0.25, -0.2) is 0 Å². The Balaban J connectivity index is 1.60. The normalized spacial score (nSPS) is 22.0. The van der Waals surface area contributed by atoms with Crippen molar-refractivity contribution in [1.82, 2.24) is 10.6 Å². The molecule has 0 bridgehead atoms. The maximum Gasteiger partial charge on any atom is 0.223 e. The van der Waals surface area contributed by atoms with Crippen LogP contribution in [0, 0.1) is 5.92 Å². The highest BCUT2D eigenvalue weighted by atomic mass is 16.1. The molecule has 20 heavy (non-hydrogen) atoms. The van der Waals surface area contributed by atoms with Gasteiger partial charge in [-0.2, -0.15) is 0 Å². The number of piperidine rings is 1. The van der Waals surface area contributed by atoms with Crippen LogP contribution in [0.4, 0.5) is 0 Å². The standard InChI is InChI=1S/C17H24N2O/c20-16(14-7-11-18-12-8-14)19-13-17(9-4-10-17)15-5-2-1-3-6-15/h1-3,5-6,14,18H,4,7-13H2,(H,19,20). The van der Waals surface area contributed by atoms with Gasteiger partial charge in [0.15, 0.2) is 0 Å². The van der Waals surface area contributed by atoms with E-state index in [4.69, 9.17) is 0 Å². The number of nitrogens with one attached hydrogen (secondary N) is 2. The van der Waals surface area contributed by atoms with Gasteiger partial charge in [-0.05, 0) is 44.3 Å². The van der Waals surface area contributed by atoms with Crippen LogP contribution in [0.2, 0.25) is 0 Å². The number of hydrogen-bond acceptors (Lipinski definition) is 2. The van der Waals surface area contributed by atoms with E-state index in [-0.39, 0.29) is 17.2 Å². The van der Waals surface area contributed by atoms with Crippen molar-refractivity contribution in [3.05, 3.63) is 35.9 Å². The van der Waals surface area contributed by atoms with E-state index in [1.165, 1.54) is 24.8 Å². The van der Waals surface area contributed by atoms with Gasteiger partial charge >= 0.3 is 0 Å². The molecule has 2 aliphatic rings. The lowest BCUT2D eigenvalue weighted by molar-refractivity contribution is -0.126. The van der Waals surface area contributed by atoms with Crippen LogP contribution >= 0.6 is 0 Å². The number of amides is 1. The summed E-state index contributed by atoms with van der Waals surface area (Å²) < 4.78 is 0. The zero-order chi connectivity index (χ0) is 13.8. The lowest BCUT2D eigenvalue weighted by Gasteiger charge is -2.43. The topological polar surface area (TPSA) is 41.1 Å². The highest BCUT2D eigenvalue weighted by Crippen LogP contribution is 2.43. The molecular weight excluding hydrogens is 248 g/mol. The lowest BCUT2D eigenvalue weighted by Crippen LogP contribution is -2.48. The molecule has 1 aliphatic heterocycles.